The maximum Gasteiger partial charge on any atom is 0.294 e. The van der Waals surface area contributed by atoms with Crippen molar-refractivity contribution in [1.29, 1.82) is 0 Å². The highest BCUT2D eigenvalue weighted by molar-refractivity contribution is 6.05. The Balaban J connectivity index is 1.77. The second kappa shape index (κ2) is 8.24. The minimum absolute atomic E-state index is 0.175. The van der Waals surface area contributed by atoms with E-state index in [9.17, 15) is 14.9 Å². The number of nitro groups is 1. The van der Waals surface area contributed by atoms with Crippen LogP contribution in [0.3, 0.4) is 0 Å². The molecule has 7 nitrogen and oxygen atoms in total. The second-order valence-corrected chi connectivity index (χ2v) is 6.16. The molecule has 2 aromatic carbocycles. The fourth-order valence-corrected chi connectivity index (χ4v) is 2.85. The van der Waals surface area contributed by atoms with E-state index < -0.39 is 10.8 Å². The summed E-state index contributed by atoms with van der Waals surface area (Å²) < 4.78 is 0. The van der Waals surface area contributed by atoms with Crippen LogP contribution >= 0.6 is 0 Å². The Bertz CT molecular complexity index is 826. The molecule has 2 N–H and O–H groups in total. The van der Waals surface area contributed by atoms with Gasteiger partial charge in [0.25, 0.3) is 11.6 Å². The van der Waals surface area contributed by atoms with Gasteiger partial charge in [0, 0.05) is 23.0 Å². The lowest BCUT2D eigenvalue weighted by molar-refractivity contribution is -0.384. The summed E-state index contributed by atoms with van der Waals surface area (Å²) in [6.45, 7) is 0. The van der Waals surface area contributed by atoms with Gasteiger partial charge in [-0.15, -0.1) is 0 Å². The average molecular weight is 352 g/mol. The number of carbonyl (C=O) groups is 1. The van der Waals surface area contributed by atoms with Gasteiger partial charge in [-0.2, -0.15) is 5.10 Å². The predicted octanol–water partition coefficient (Wildman–Crippen LogP) is 4.58. The number of nitro benzene ring substituents is 1. The number of hydrazone groups is 1. The van der Waals surface area contributed by atoms with Crippen LogP contribution in [0.2, 0.25) is 0 Å². The van der Waals surface area contributed by atoms with E-state index in [1.54, 1.807) is 30.3 Å². The van der Waals surface area contributed by atoms with Gasteiger partial charge in [0.15, 0.2) is 0 Å². The number of nitrogens with zero attached hydrogens (tertiary/aromatic N) is 2. The number of benzene rings is 2. The molecule has 1 fully saturated rings. The monoisotopic (exact) mass is 352 g/mol. The zero-order valence-corrected chi connectivity index (χ0v) is 14.3. The fourth-order valence-electron chi connectivity index (χ4n) is 2.85. The molecule has 0 atom stereocenters. The lowest BCUT2D eigenvalue weighted by atomic mass is 9.99. The summed E-state index contributed by atoms with van der Waals surface area (Å²) in [5.41, 5.74) is 4.78. The highest BCUT2D eigenvalue weighted by Gasteiger charge is 2.18. The van der Waals surface area contributed by atoms with E-state index in [2.05, 4.69) is 15.8 Å². The highest BCUT2D eigenvalue weighted by atomic mass is 16.6. The van der Waals surface area contributed by atoms with E-state index in [1.165, 1.54) is 18.6 Å². The van der Waals surface area contributed by atoms with E-state index in [0.717, 1.165) is 31.4 Å². The Labute approximate surface area is 151 Å². The number of hydrogen-bond donors (Lipinski definition) is 2. The van der Waals surface area contributed by atoms with E-state index in [0.29, 0.717) is 5.69 Å². The van der Waals surface area contributed by atoms with Crippen LogP contribution in [0.15, 0.2) is 53.6 Å². The van der Waals surface area contributed by atoms with Crippen LogP contribution in [0.5, 0.6) is 0 Å². The Kier molecular flexibility index (Phi) is 5.58. The molecule has 0 unspecified atom stereocenters. The van der Waals surface area contributed by atoms with Crippen molar-refractivity contribution >= 4 is 28.7 Å². The molecule has 134 valence electrons. The van der Waals surface area contributed by atoms with Crippen LogP contribution < -0.4 is 10.7 Å². The zero-order chi connectivity index (χ0) is 18.4. The Morgan fingerprint density at radius 3 is 2.46 bits per heavy atom. The number of nitrogens with one attached hydrogen (secondary N) is 2. The highest BCUT2D eigenvalue weighted by Crippen LogP contribution is 2.26. The van der Waals surface area contributed by atoms with Gasteiger partial charge in [0.05, 0.1) is 4.92 Å². The standard InChI is InChI=1S/C19H20N4O3/c24-19(20-15-7-3-1-4-8-15)14-11-12-17(18(13-14)23(25)26)22-21-16-9-5-2-6-10-16/h1,3-4,7-8,11-13,22H,2,5-6,9-10H2,(H,20,24). The third-order valence-corrected chi connectivity index (χ3v) is 4.25. The van der Waals surface area contributed by atoms with Crippen LogP contribution in [0.4, 0.5) is 17.1 Å². The third-order valence-electron chi connectivity index (χ3n) is 4.25. The van der Waals surface area contributed by atoms with Crippen molar-refractivity contribution in [3.63, 3.8) is 0 Å². The van der Waals surface area contributed by atoms with Crippen LogP contribution in [0.1, 0.15) is 42.5 Å². The van der Waals surface area contributed by atoms with Crippen molar-refractivity contribution in [2.45, 2.75) is 32.1 Å². The summed E-state index contributed by atoms with van der Waals surface area (Å²) in [4.78, 5) is 23.2. The fraction of sp³-hybridized carbons (Fsp3) is 0.263. The van der Waals surface area contributed by atoms with E-state index in [4.69, 9.17) is 0 Å². The SMILES string of the molecule is O=C(Nc1ccccc1)c1ccc(NN=C2CCCCC2)c([N+](=O)[O-])c1. The number of anilines is 2. The first-order chi connectivity index (χ1) is 12.6. The molecule has 26 heavy (non-hydrogen) atoms. The summed E-state index contributed by atoms with van der Waals surface area (Å²) in [5.74, 6) is -0.399. The topological polar surface area (TPSA) is 96.6 Å². The molecule has 0 heterocycles. The smallest absolute Gasteiger partial charge is 0.294 e. The molecule has 2 aromatic rings. The van der Waals surface area contributed by atoms with Gasteiger partial charge in [-0.05, 0) is 49.9 Å². The number of hydrogen-bond acceptors (Lipinski definition) is 5. The second-order valence-electron chi connectivity index (χ2n) is 6.16. The first-order valence-electron chi connectivity index (χ1n) is 8.60. The number of rotatable bonds is 5. The third kappa shape index (κ3) is 4.44. The van der Waals surface area contributed by atoms with Crippen molar-refractivity contribution < 1.29 is 9.72 Å². The molecule has 0 bridgehead atoms. The minimum Gasteiger partial charge on any atom is -0.322 e. The summed E-state index contributed by atoms with van der Waals surface area (Å²) >= 11 is 0. The lowest BCUT2D eigenvalue weighted by Gasteiger charge is -2.12. The lowest BCUT2D eigenvalue weighted by Crippen LogP contribution is -2.12. The Hall–Kier alpha value is -3.22. The Morgan fingerprint density at radius 1 is 1.04 bits per heavy atom. The number of para-hydroxylation sites is 1. The maximum atomic E-state index is 12.3. The number of amides is 1. The summed E-state index contributed by atoms with van der Waals surface area (Å²) in [6.07, 6.45) is 5.23. The largest absolute Gasteiger partial charge is 0.322 e. The minimum atomic E-state index is -0.511. The first kappa shape index (κ1) is 17.6. The van der Waals surface area contributed by atoms with Crippen molar-refractivity contribution in [1.82, 2.24) is 0 Å². The zero-order valence-electron chi connectivity index (χ0n) is 14.3. The van der Waals surface area contributed by atoms with E-state index in [1.807, 2.05) is 6.07 Å². The van der Waals surface area contributed by atoms with Crippen LogP contribution in [0.25, 0.3) is 0 Å². The molecule has 0 radical (unpaired) electrons. The molecular weight excluding hydrogens is 332 g/mol. The van der Waals surface area contributed by atoms with Crippen LogP contribution in [-0.2, 0) is 0 Å². The molecule has 0 saturated heterocycles. The predicted molar refractivity (Wildman–Crippen MR) is 102 cm³/mol. The molecule has 1 saturated carbocycles. The quantitative estimate of drug-likeness (QED) is 0.608. The molecule has 7 heteroatoms. The van der Waals surface area contributed by atoms with Gasteiger partial charge in [-0.25, -0.2) is 0 Å². The van der Waals surface area contributed by atoms with Gasteiger partial charge >= 0.3 is 0 Å². The van der Waals surface area contributed by atoms with Crippen molar-refractivity contribution in [2.24, 2.45) is 5.10 Å². The molecule has 1 aliphatic rings. The van der Waals surface area contributed by atoms with Crippen LogP contribution in [0, 0.1) is 10.1 Å². The van der Waals surface area contributed by atoms with Crippen LogP contribution in [-0.4, -0.2) is 16.5 Å². The summed E-state index contributed by atoms with van der Waals surface area (Å²) in [7, 11) is 0. The molecule has 1 aliphatic carbocycles. The van der Waals surface area contributed by atoms with Gasteiger partial charge < -0.3 is 5.32 Å². The first-order valence-corrected chi connectivity index (χ1v) is 8.60. The summed E-state index contributed by atoms with van der Waals surface area (Å²) in [5, 5.41) is 18.4. The summed E-state index contributed by atoms with van der Waals surface area (Å²) in [6, 6.07) is 13.3. The molecule has 0 spiro atoms. The molecular formula is C19H20N4O3. The maximum absolute atomic E-state index is 12.3. The van der Waals surface area contributed by atoms with Gasteiger partial charge in [0.1, 0.15) is 5.69 Å². The molecule has 3 rings (SSSR count). The average Bonchev–Trinajstić information content (AvgIpc) is 2.67. The normalized spacial score (nSPS) is 13.8. The molecule has 0 aliphatic heterocycles. The van der Waals surface area contributed by atoms with Crippen molar-refractivity contribution in [3.05, 3.63) is 64.2 Å². The molecule has 1 amide bonds. The van der Waals surface area contributed by atoms with E-state index >= 15 is 0 Å². The van der Waals surface area contributed by atoms with Crippen molar-refractivity contribution in [3.8, 4) is 0 Å². The van der Waals surface area contributed by atoms with Gasteiger partial charge in [-0.1, -0.05) is 24.6 Å². The van der Waals surface area contributed by atoms with E-state index in [-0.39, 0.29) is 16.9 Å². The number of carbonyl (C=O) groups excluding carboxylic acids is 1. The van der Waals surface area contributed by atoms with Gasteiger partial charge in [0.2, 0.25) is 0 Å². The van der Waals surface area contributed by atoms with Gasteiger partial charge in [-0.3, -0.25) is 20.3 Å². The Morgan fingerprint density at radius 2 is 1.77 bits per heavy atom. The molecule has 0 aromatic heterocycles. The van der Waals surface area contributed by atoms with Crippen molar-refractivity contribution in [2.75, 3.05) is 10.7 Å².